The van der Waals surface area contributed by atoms with Crippen LogP contribution in [0.25, 0.3) is 0 Å². The maximum Gasteiger partial charge on any atom is 0.129 e. The van der Waals surface area contributed by atoms with E-state index in [1.807, 2.05) is 6.08 Å². The fourth-order valence-electron chi connectivity index (χ4n) is 2.61. The van der Waals surface area contributed by atoms with Crippen LogP contribution < -0.4 is 0 Å². The molecule has 17 heavy (non-hydrogen) atoms. The summed E-state index contributed by atoms with van der Waals surface area (Å²) < 4.78 is 5.61. The summed E-state index contributed by atoms with van der Waals surface area (Å²) in [5.74, 6) is 0.771. The fraction of sp³-hybridized carbons (Fsp3) is 0.857. The quantitative estimate of drug-likeness (QED) is 0.775. The maximum atomic E-state index is 10.6. The summed E-state index contributed by atoms with van der Waals surface area (Å²) in [7, 11) is 0. The highest BCUT2D eigenvalue weighted by atomic mass is 16.5. The Kier molecular flexibility index (Phi) is 5.47. The molecule has 1 rings (SSSR count). The van der Waals surface area contributed by atoms with Gasteiger partial charge in [-0.25, -0.2) is 0 Å². The van der Waals surface area contributed by atoms with Crippen LogP contribution in [0.3, 0.4) is 0 Å². The van der Waals surface area contributed by atoms with E-state index in [9.17, 15) is 5.11 Å². The third kappa shape index (κ3) is 3.02. The van der Waals surface area contributed by atoms with Gasteiger partial charge in [0.25, 0.3) is 0 Å². The Morgan fingerprint density at radius 3 is 2.47 bits per heavy atom. The van der Waals surface area contributed by atoms with Crippen LogP contribution in [0.2, 0.25) is 0 Å². The molecule has 100 valence electrons. The van der Waals surface area contributed by atoms with Crippen molar-refractivity contribution in [2.24, 2.45) is 0 Å². The molecule has 0 amide bonds. The second kappa shape index (κ2) is 6.41. The third-order valence-electron chi connectivity index (χ3n) is 4.02. The minimum absolute atomic E-state index is 0.229. The first-order valence-electron chi connectivity index (χ1n) is 6.86. The lowest BCUT2D eigenvalue weighted by Crippen LogP contribution is -2.55. The number of rotatable bonds is 6. The molecule has 3 heteroatoms. The van der Waals surface area contributed by atoms with Crippen molar-refractivity contribution in [1.82, 2.24) is 4.90 Å². The molecule has 0 spiro atoms. The van der Waals surface area contributed by atoms with Gasteiger partial charge in [-0.2, -0.15) is 0 Å². The third-order valence-corrected chi connectivity index (χ3v) is 4.02. The lowest BCUT2D eigenvalue weighted by atomic mass is 9.87. The summed E-state index contributed by atoms with van der Waals surface area (Å²) in [4.78, 5) is 2.32. The SMILES string of the molecule is CCN(CC)C(C)(CC)C(O)C1=CCCCO1. The molecule has 0 saturated carbocycles. The normalized spacial score (nSPS) is 21.6. The zero-order chi connectivity index (χ0) is 12.9. The van der Waals surface area contributed by atoms with E-state index >= 15 is 0 Å². The molecule has 0 saturated heterocycles. The van der Waals surface area contributed by atoms with Crippen molar-refractivity contribution in [1.29, 1.82) is 0 Å². The molecule has 1 N–H and O–H groups in total. The predicted octanol–water partition coefficient (Wildman–Crippen LogP) is 2.55. The molecule has 0 aliphatic carbocycles. The van der Waals surface area contributed by atoms with Crippen molar-refractivity contribution in [2.45, 2.75) is 58.6 Å². The lowest BCUT2D eigenvalue weighted by molar-refractivity contribution is -0.0327. The molecule has 1 aliphatic rings. The van der Waals surface area contributed by atoms with Gasteiger partial charge in [0, 0.05) is 0 Å². The highest BCUT2D eigenvalue weighted by molar-refractivity contribution is 5.11. The van der Waals surface area contributed by atoms with E-state index in [4.69, 9.17) is 4.74 Å². The van der Waals surface area contributed by atoms with Crippen molar-refractivity contribution < 1.29 is 9.84 Å². The van der Waals surface area contributed by atoms with Crippen LogP contribution in [0.1, 0.15) is 47.0 Å². The van der Waals surface area contributed by atoms with Gasteiger partial charge in [-0.1, -0.05) is 20.8 Å². The Balaban J connectivity index is 2.87. The van der Waals surface area contributed by atoms with Crippen molar-refractivity contribution in [3.63, 3.8) is 0 Å². The van der Waals surface area contributed by atoms with E-state index in [1.165, 1.54) is 0 Å². The van der Waals surface area contributed by atoms with Crippen molar-refractivity contribution in [3.8, 4) is 0 Å². The van der Waals surface area contributed by atoms with Crippen LogP contribution in [-0.4, -0.2) is 41.3 Å². The minimum atomic E-state index is -0.521. The largest absolute Gasteiger partial charge is 0.495 e. The van der Waals surface area contributed by atoms with Gasteiger partial charge in [0.05, 0.1) is 12.1 Å². The van der Waals surface area contributed by atoms with Crippen LogP contribution in [0.4, 0.5) is 0 Å². The first-order valence-corrected chi connectivity index (χ1v) is 6.86. The van der Waals surface area contributed by atoms with Gasteiger partial charge in [-0.3, -0.25) is 4.90 Å². The van der Waals surface area contributed by atoms with E-state index in [0.29, 0.717) is 0 Å². The van der Waals surface area contributed by atoms with Crippen molar-refractivity contribution in [3.05, 3.63) is 11.8 Å². The standard InChI is InChI=1S/C14H27NO2/c1-5-14(4,15(6-2)7-3)13(16)12-10-8-9-11-17-12/h10,13,16H,5-9,11H2,1-4H3. The van der Waals surface area contributed by atoms with E-state index in [-0.39, 0.29) is 5.54 Å². The highest BCUT2D eigenvalue weighted by Gasteiger charge is 2.39. The summed E-state index contributed by atoms with van der Waals surface area (Å²) in [5.41, 5.74) is -0.229. The second-order valence-electron chi connectivity index (χ2n) is 4.88. The molecule has 0 fully saturated rings. The average Bonchev–Trinajstić information content (AvgIpc) is 2.39. The lowest BCUT2D eigenvalue weighted by Gasteiger charge is -2.44. The van der Waals surface area contributed by atoms with Crippen molar-refractivity contribution in [2.75, 3.05) is 19.7 Å². The molecule has 0 aromatic heterocycles. The Labute approximate surface area is 105 Å². The van der Waals surface area contributed by atoms with E-state index in [1.54, 1.807) is 0 Å². The van der Waals surface area contributed by atoms with Crippen LogP contribution in [-0.2, 0) is 4.74 Å². The number of aliphatic hydroxyl groups is 1. The number of likely N-dealkylation sites (N-methyl/N-ethyl adjacent to an activating group) is 1. The van der Waals surface area contributed by atoms with Gasteiger partial charge in [0.15, 0.2) is 0 Å². The molecule has 1 heterocycles. The highest BCUT2D eigenvalue weighted by Crippen LogP contribution is 2.29. The zero-order valence-corrected chi connectivity index (χ0v) is 11.7. The maximum absolute atomic E-state index is 10.6. The Morgan fingerprint density at radius 1 is 1.41 bits per heavy atom. The first-order chi connectivity index (χ1) is 8.10. The molecule has 0 aromatic carbocycles. The molecular formula is C14H27NO2. The van der Waals surface area contributed by atoms with Crippen LogP contribution in [0.5, 0.6) is 0 Å². The Morgan fingerprint density at radius 2 is 2.06 bits per heavy atom. The van der Waals surface area contributed by atoms with E-state index in [0.717, 1.165) is 44.7 Å². The van der Waals surface area contributed by atoms with Crippen LogP contribution in [0.15, 0.2) is 11.8 Å². The summed E-state index contributed by atoms with van der Waals surface area (Å²) >= 11 is 0. The number of ether oxygens (including phenoxy) is 1. The molecule has 0 bridgehead atoms. The second-order valence-corrected chi connectivity index (χ2v) is 4.88. The number of allylic oxidation sites excluding steroid dienone is 1. The molecule has 3 nitrogen and oxygen atoms in total. The number of nitrogens with zero attached hydrogens (tertiary/aromatic N) is 1. The minimum Gasteiger partial charge on any atom is -0.495 e. The topological polar surface area (TPSA) is 32.7 Å². The molecule has 0 aromatic rings. The predicted molar refractivity (Wildman–Crippen MR) is 70.9 cm³/mol. The summed E-state index contributed by atoms with van der Waals surface area (Å²) in [5, 5.41) is 10.6. The van der Waals surface area contributed by atoms with Crippen LogP contribution in [0, 0.1) is 0 Å². The molecular weight excluding hydrogens is 214 g/mol. The van der Waals surface area contributed by atoms with Gasteiger partial charge in [0.1, 0.15) is 11.9 Å². The van der Waals surface area contributed by atoms with Gasteiger partial charge in [-0.15, -0.1) is 0 Å². The summed E-state index contributed by atoms with van der Waals surface area (Å²) in [6.45, 7) is 11.2. The Hall–Kier alpha value is -0.540. The molecule has 2 unspecified atom stereocenters. The number of hydrogen-bond acceptors (Lipinski definition) is 3. The zero-order valence-electron chi connectivity index (χ0n) is 11.7. The van der Waals surface area contributed by atoms with E-state index < -0.39 is 6.10 Å². The summed E-state index contributed by atoms with van der Waals surface area (Å²) in [6.07, 6.45) is 4.52. The monoisotopic (exact) mass is 241 g/mol. The van der Waals surface area contributed by atoms with Gasteiger partial charge < -0.3 is 9.84 Å². The van der Waals surface area contributed by atoms with Gasteiger partial charge >= 0.3 is 0 Å². The number of hydrogen-bond donors (Lipinski definition) is 1. The average molecular weight is 241 g/mol. The van der Waals surface area contributed by atoms with E-state index in [2.05, 4.69) is 32.6 Å². The Bertz CT molecular complexity index is 261. The van der Waals surface area contributed by atoms with Crippen molar-refractivity contribution >= 4 is 0 Å². The van der Waals surface area contributed by atoms with Crippen LogP contribution >= 0.6 is 0 Å². The smallest absolute Gasteiger partial charge is 0.129 e. The summed E-state index contributed by atoms with van der Waals surface area (Å²) in [6, 6.07) is 0. The van der Waals surface area contributed by atoms with Gasteiger partial charge in [0.2, 0.25) is 0 Å². The number of aliphatic hydroxyl groups excluding tert-OH is 1. The van der Waals surface area contributed by atoms with Gasteiger partial charge in [-0.05, 0) is 45.4 Å². The molecule has 1 aliphatic heterocycles. The molecule has 2 atom stereocenters. The fourth-order valence-corrected chi connectivity index (χ4v) is 2.61. The molecule has 0 radical (unpaired) electrons. The first kappa shape index (κ1) is 14.5.